The highest BCUT2D eigenvalue weighted by Gasteiger charge is 2.51. The number of carbonyl (C=O) groups is 2. The first-order valence-electron chi connectivity index (χ1n) is 8.23. The number of hydrogen-bond donors (Lipinski definition) is 2. The summed E-state index contributed by atoms with van der Waals surface area (Å²) >= 11 is 0. The van der Waals surface area contributed by atoms with Gasteiger partial charge in [-0.25, -0.2) is 9.78 Å². The Morgan fingerprint density at radius 2 is 1.96 bits per heavy atom. The fraction of sp³-hybridized carbons (Fsp3) is 0.562. The second-order valence-electron chi connectivity index (χ2n) is 7.32. The van der Waals surface area contributed by atoms with Crippen molar-refractivity contribution in [2.24, 2.45) is 0 Å². The lowest BCUT2D eigenvalue weighted by molar-refractivity contribution is -0.118. The van der Waals surface area contributed by atoms with Crippen LogP contribution in [0.2, 0.25) is 0 Å². The van der Waals surface area contributed by atoms with Gasteiger partial charge in [-0.1, -0.05) is 6.07 Å². The van der Waals surface area contributed by atoms with E-state index in [1.807, 2.05) is 33.8 Å². The molecular formula is C16H22BN3O5. The Bertz CT molecular complexity index is 676. The highest BCUT2D eigenvalue weighted by Crippen LogP contribution is 2.36. The van der Waals surface area contributed by atoms with Gasteiger partial charge in [-0.05, 0) is 40.2 Å². The minimum absolute atomic E-state index is 0.293. The number of carboxylic acid groups (broad SMARTS) is 1. The molecule has 2 N–H and O–H groups in total. The molecule has 2 amide bonds. The fourth-order valence-corrected chi connectivity index (χ4v) is 2.87. The number of anilines is 1. The molecule has 8 nitrogen and oxygen atoms in total. The number of aromatic nitrogens is 1. The van der Waals surface area contributed by atoms with E-state index in [9.17, 15) is 9.59 Å². The van der Waals surface area contributed by atoms with Gasteiger partial charge in [0.15, 0.2) is 0 Å². The van der Waals surface area contributed by atoms with Crippen molar-refractivity contribution in [2.45, 2.75) is 51.4 Å². The largest absolute Gasteiger partial charge is 0.496 e. The number of nitrogens with zero attached hydrogens (tertiary/aromatic N) is 2. The van der Waals surface area contributed by atoms with Gasteiger partial charge in [0.2, 0.25) is 0 Å². The van der Waals surface area contributed by atoms with Crippen molar-refractivity contribution in [1.29, 1.82) is 0 Å². The van der Waals surface area contributed by atoms with Crippen molar-refractivity contribution < 1.29 is 24.0 Å². The lowest BCUT2D eigenvalue weighted by atomic mass is 9.80. The topological polar surface area (TPSA) is 101 Å². The standard InChI is InChI=1S/C16H22BN3O5/c1-15(2)16(3,4)25-17(24-15)10-5-6-12(18-9-10)20-8-7-11(13(20)21)19-14(22)23/h5-6,9,11,19H,7-8H2,1-4H3,(H,22,23)/t11-/m0/s1. The highest BCUT2D eigenvalue weighted by molar-refractivity contribution is 6.62. The Labute approximate surface area is 146 Å². The number of hydrogen-bond acceptors (Lipinski definition) is 5. The van der Waals surface area contributed by atoms with Crippen LogP contribution in [0.3, 0.4) is 0 Å². The van der Waals surface area contributed by atoms with Gasteiger partial charge in [-0.3, -0.25) is 9.69 Å². The van der Waals surface area contributed by atoms with Gasteiger partial charge in [-0.2, -0.15) is 0 Å². The molecule has 25 heavy (non-hydrogen) atoms. The third-order valence-corrected chi connectivity index (χ3v) is 5.08. The minimum atomic E-state index is -1.20. The molecule has 0 saturated carbocycles. The zero-order valence-corrected chi connectivity index (χ0v) is 14.8. The van der Waals surface area contributed by atoms with Crippen molar-refractivity contribution in [3.63, 3.8) is 0 Å². The summed E-state index contributed by atoms with van der Waals surface area (Å²) in [6.07, 6.45) is 0.846. The van der Waals surface area contributed by atoms with Gasteiger partial charge in [0.1, 0.15) is 11.9 Å². The van der Waals surface area contributed by atoms with Gasteiger partial charge >= 0.3 is 13.2 Å². The van der Waals surface area contributed by atoms with E-state index >= 15 is 0 Å². The van der Waals surface area contributed by atoms with Crippen LogP contribution in [0.1, 0.15) is 34.1 Å². The normalized spacial score (nSPS) is 24.6. The number of nitrogens with one attached hydrogen (secondary N) is 1. The smallest absolute Gasteiger partial charge is 0.465 e. The highest BCUT2D eigenvalue weighted by atomic mass is 16.7. The third kappa shape index (κ3) is 3.21. The number of rotatable bonds is 3. The van der Waals surface area contributed by atoms with E-state index in [-0.39, 0.29) is 5.91 Å². The Balaban J connectivity index is 1.72. The molecule has 2 aliphatic rings. The maximum atomic E-state index is 12.3. The SMILES string of the molecule is CC1(C)OB(c2ccc(N3CC[C@H](NC(=O)O)C3=O)nc2)OC1(C)C. The van der Waals surface area contributed by atoms with E-state index in [1.54, 1.807) is 12.3 Å². The molecule has 0 spiro atoms. The molecule has 9 heteroatoms. The van der Waals surface area contributed by atoms with Crippen LogP contribution >= 0.6 is 0 Å². The molecule has 1 aromatic heterocycles. The average molecular weight is 347 g/mol. The van der Waals surface area contributed by atoms with Crippen LogP contribution in [-0.2, 0) is 14.1 Å². The third-order valence-electron chi connectivity index (χ3n) is 5.08. The Morgan fingerprint density at radius 3 is 2.48 bits per heavy atom. The summed E-state index contributed by atoms with van der Waals surface area (Å²) in [7, 11) is -0.512. The molecule has 0 unspecified atom stereocenters. The van der Waals surface area contributed by atoms with Crippen molar-refractivity contribution in [1.82, 2.24) is 10.3 Å². The molecule has 0 radical (unpaired) electrons. The molecule has 2 fully saturated rings. The summed E-state index contributed by atoms with van der Waals surface area (Å²) in [5.74, 6) is 0.193. The maximum Gasteiger partial charge on any atom is 0.496 e. The summed E-state index contributed by atoms with van der Waals surface area (Å²) < 4.78 is 12.0. The molecular weight excluding hydrogens is 325 g/mol. The lowest BCUT2D eigenvalue weighted by Crippen LogP contribution is -2.41. The van der Waals surface area contributed by atoms with Gasteiger partial charge in [0, 0.05) is 18.2 Å². The molecule has 2 saturated heterocycles. The number of pyridine rings is 1. The molecule has 3 heterocycles. The quantitative estimate of drug-likeness (QED) is 0.783. The second kappa shape index (κ2) is 6.00. The van der Waals surface area contributed by atoms with Crippen LogP contribution in [0.25, 0.3) is 0 Å². The van der Waals surface area contributed by atoms with Crippen LogP contribution in [0.4, 0.5) is 10.6 Å². The second-order valence-corrected chi connectivity index (χ2v) is 7.32. The zero-order valence-electron chi connectivity index (χ0n) is 14.8. The Morgan fingerprint density at radius 1 is 1.32 bits per heavy atom. The van der Waals surface area contributed by atoms with Crippen molar-refractivity contribution in [3.05, 3.63) is 18.3 Å². The molecule has 0 bridgehead atoms. The van der Waals surface area contributed by atoms with Crippen molar-refractivity contribution in [3.8, 4) is 0 Å². The molecule has 134 valence electrons. The molecule has 0 aliphatic carbocycles. The fourth-order valence-electron chi connectivity index (χ4n) is 2.87. The minimum Gasteiger partial charge on any atom is -0.465 e. The number of amides is 2. The summed E-state index contributed by atoms with van der Waals surface area (Å²) in [6.45, 7) is 8.34. The first-order valence-corrected chi connectivity index (χ1v) is 8.23. The van der Waals surface area contributed by atoms with E-state index in [4.69, 9.17) is 14.4 Å². The Kier molecular flexibility index (Phi) is 4.24. The summed E-state index contributed by atoms with van der Waals surface area (Å²) in [5, 5.41) is 11.0. The van der Waals surface area contributed by atoms with Gasteiger partial charge in [-0.15, -0.1) is 0 Å². The molecule has 0 aromatic carbocycles. The lowest BCUT2D eigenvalue weighted by Gasteiger charge is -2.32. The molecule has 1 aromatic rings. The summed E-state index contributed by atoms with van der Waals surface area (Å²) in [6, 6.07) is 2.82. The van der Waals surface area contributed by atoms with Crippen molar-refractivity contribution in [2.75, 3.05) is 11.4 Å². The van der Waals surface area contributed by atoms with E-state index < -0.39 is 30.5 Å². The van der Waals surface area contributed by atoms with E-state index in [1.165, 1.54) is 4.90 Å². The van der Waals surface area contributed by atoms with Crippen LogP contribution in [-0.4, -0.2) is 53.0 Å². The van der Waals surface area contributed by atoms with E-state index in [0.717, 1.165) is 5.46 Å². The van der Waals surface area contributed by atoms with Crippen LogP contribution in [0.15, 0.2) is 18.3 Å². The van der Waals surface area contributed by atoms with Crippen LogP contribution < -0.4 is 15.7 Å². The Hall–Kier alpha value is -2.13. The predicted molar refractivity (Wildman–Crippen MR) is 91.9 cm³/mol. The monoisotopic (exact) mass is 347 g/mol. The number of carbonyl (C=O) groups excluding carboxylic acids is 1. The van der Waals surface area contributed by atoms with E-state index in [0.29, 0.717) is 18.8 Å². The van der Waals surface area contributed by atoms with Crippen molar-refractivity contribution >= 4 is 30.4 Å². The van der Waals surface area contributed by atoms with Gasteiger partial charge in [0.05, 0.1) is 11.2 Å². The van der Waals surface area contributed by atoms with Crippen LogP contribution in [0, 0.1) is 0 Å². The summed E-state index contributed by atoms with van der Waals surface area (Å²) in [5.41, 5.74) is -0.0946. The zero-order chi connectivity index (χ0) is 18.4. The molecule has 1 atom stereocenters. The first kappa shape index (κ1) is 17.7. The molecule has 2 aliphatic heterocycles. The van der Waals surface area contributed by atoms with Gasteiger partial charge in [0.25, 0.3) is 5.91 Å². The van der Waals surface area contributed by atoms with E-state index in [2.05, 4.69) is 10.3 Å². The van der Waals surface area contributed by atoms with Crippen LogP contribution in [0.5, 0.6) is 0 Å². The average Bonchev–Trinajstić information content (AvgIpc) is 2.96. The molecule has 3 rings (SSSR count). The maximum absolute atomic E-state index is 12.3. The van der Waals surface area contributed by atoms with Gasteiger partial charge < -0.3 is 19.7 Å². The predicted octanol–water partition coefficient (Wildman–Crippen LogP) is 0.754. The summed E-state index contributed by atoms with van der Waals surface area (Å²) in [4.78, 5) is 28.8. The first-order chi connectivity index (χ1) is 11.6.